The number of hydrogen-bond donors (Lipinski definition) is 1. The van der Waals surface area contributed by atoms with E-state index >= 15 is 0 Å². The normalized spacial score (nSPS) is 20.5. The van der Waals surface area contributed by atoms with Crippen LogP contribution in [0.1, 0.15) is 30.5 Å². The summed E-state index contributed by atoms with van der Waals surface area (Å²) in [6.45, 7) is 6.63. The number of thioether (sulfide) groups is 1. The third-order valence-electron chi connectivity index (χ3n) is 3.25. The molecule has 0 amide bonds. The van der Waals surface area contributed by atoms with Crippen molar-refractivity contribution in [1.82, 2.24) is 10.3 Å². The minimum absolute atomic E-state index is 0.877. The lowest BCUT2D eigenvalue weighted by molar-refractivity contribution is 0.371. The Labute approximate surface area is 109 Å². The maximum absolute atomic E-state index is 4.56. The summed E-state index contributed by atoms with van der Waals surface area (Å²) in [4.78, 5) is 4.56. The molecule has 17 heavy (non-hydrogen) atoms. The molecule has 1 N–H and O–H groups in total. The van der Waals surface area contributed by atoms with Crippen molar-refractivity contribution in [2.24, 2.45) is 5.92 Å². The lowest BCUT2D eigenvalue weighted by atomic mass is 9.97. The summed E-state index contributed by atoms with van der Waals surface area (Å²) in [5.74, 6) is 2.07. The first-order valence-corrected chi connectivity index (χ1v) is 7.51. The SMILES string of the molecule is Cc1cc(C)nc(SCCC2CCCNC2)c1. The molecule has 0 saturated carbocycles. The zero-order chi connectivity index (χ0) is 12.1. The molecule has 0 aliphatic carbocycles. The van der Waals surface area contributed by atoms with Crippen molar-refractivity contribution in [2.45, 2.75) is 38.1 Å². The van der Waals surface area contributed by atoms with Crippen LogP contribution in [0.2, 0.25) is 0 Å². The number of nitrogens with one attached hydrogen (secondary N) is 1. The first kappa shape index (κ1) is 12.9. The molecular formula is C14H22N2S. The molecule has 1 unspecified atom stereocenters. The van der Waals surface area contributed by atoms with E-state index in [2.05, 4.69) is 36.3 Å². The predicted octanol–water partition coefficient (Wildman–Crippen LogP) is 3.18. The van der Waals surface area contributed by atoms with Gasteiger partial charge in [0.2, 0.25) is 0 Å². The van der Waals surface area contributed by atoms with E-state index in [0.717, 1.165) is 11.6 Å². The Bertz CT molecular complexity index is 339. The van der Waals surface area contributed by atoms with E-state index in [1.54, 1.807) is 0 Å². The van der Waals surface area contributed by atoms with E-state index in [-0.39, 0.29) is 0 Å². The average molecular weight is 250 g/mol. The number of aromatic nitrogens is 1. The fourth-order valence-electron chi connectivity index (χ4n) is 2.38. The van der Waals surface area contributed by atoms with E-state index in [9.17, 15) is 0 Å². The van der Waals surface area contributed by atoms with Gasteiger partial charge in [0, 0.05) is 5.69 Å². The van der Waals surface area contributed by atoms with Crippen LogP contribution in [-0.4, -0.2) is 23.8 Å². The zero-order valence-electron chi connectivity index (χ0n) is 10.8. The van der Waals surface area contributed by atoms with Gasteiger partial charge in [-0.3, -0.25) is 0 Å². The number of rotatable bonds is 4. The Hall–Kier alpha value is -0.540. The zero-order valence-corrected chi connectivity index (χ0v) is 11.6. The quantitative estimate of drug-likeness (QED) is 0.831. The van der Waals surface area contributed by atoms with E-state index in [1.165, 1.54) is 48.7 Å². The maximum atomic E-state index is 4.56. The van der Waals surface area contributed by atoms with Gasteiger partial charge in [0.05, 0.1) is 5.03 Å². The second-order valence-corrected chi connectivity index (χ2v) is 6.09. The monoisotopic (exact) mass is 250 g/mol. The number of pyridine rings is 1. The topological polar surface area (TPSA) is 24.9 Å². The molecule has 2 heterocycles. The summed E-state index contributed by atoms with van der Waals surface area (Å²) in [6.07, 6.45) is 4.05. The minimum Gasteiger partial charge on any atom is -0.316 e. The van der Waals surface area contributed by atoms with Crippen molar-refractivity contribution in [3.8, 4) is 0 Å². The van der Waals surface area contributed by atoms with Crippen LogP contribution >= 0.6 is 11.8 Å². The fourth-order valence-corrected chi connectivity index (χ4v) is 3.52. The van der Waals surface area contributed by atoms with Gasteiger partial charge in [-0.05, 0) is 75.6 Å². The van der Waals surface area contributed by atoms with Gasteiger partial charge in [-0.25, -0.2) is 4.98 Å². The van der Waals surface area contributed by atoms with E-state index in [0.29, 0.717) is 0 Å². The summed E-state index contributed by atoms with van der Waals surface area (Å²) in [5.41, 5.74) is 2.45. The minimum atomic E-state index is 0.877. The molecule has 2 rings (SSSR count). The van der Waals surface area contributed by atoms with Crippen LogP contribution in [-0.2, 0) is 0 Å². The molecule has 94 valence electrons. The standard InChI is InChI=1S/C14H22N2S/c1-11-8-12(2)16-14(9-11)17-7-5-13-4-3-6-15-10-13/h8-9,13,15H,3-7,10H2,1-2H3. The summed E-state index contributed by atoms with van der Waals surface area (Å²) in [7, 11) is 0. The summed E-state index contributed by atoms with van der Waals surface area (Å²) >= 11 is 1.90. The summed E-state index contributed by atoms with van der Waals surface area (Å²) in [6, 6.07) is 4.33. The molecule has 0 aromatic carbocycles. The highest BCUT2D eigenvalue weighted by Crippen LogP contribution is 2.22. The molecule has 1 aliphatic heterocycles. The second kappa shape index (κ2) is 6.41. The highest BCUT2D eigenvalue weighted by atomic mass is 32.2. The average Bonchev–Trinajstić information content (AvgIpc) is 2.29. The molecule has 0 spiro atoms. The summed E-state index contributed by atoms with van der Waals surface area (Å²) in [5, 5.41) is 4.66. The number of hydrogen-bond acceptors (Lipinski definition) is 3. The van der Waals surface area contributed by atoms with Gasteiger partial charge in [-0.15, -0.1) is 11.8 Å². The molecule has 0 radical (unpaired) electrons. The number of piperidine rings is 1. The molecule has 1 atom stereocenters. The molecule has 1 aliphatic rings. The molecule has 2 nitrogen and oxygen atoms in total. The maximum Gasteiger partial charge on any atom is 0.0965 e. The van der Waals surface area contributed by atoms with Crippen molar-refractivity contribution in [3.05, 3.63) is 23.4 Å². The Morgan fingerprint density at radius 1 is 1.41 bits per heavy atom. The molecule has 3 heteroatoms. The van der Waals surface area contributed by atoms with Crippen LogP contribution in [0.5, 0.6) is 0 Å². The van der Waals surface area contributed by atoms with Gasteiger partial charge in [0.15, 0.2) is 0 Å². The van der Waals surface area contributed by atoms with Crippen LogP contribution < -0.4 is 5.32 Å². The van der Waals surface area contributed by atoms with E-state index in [4.69, 9.17) is 0 Å². The third kappa shape index (κ3) is 4.32. The van der Waals surface area contributed by atoms with Gasteiger partial charge in [0.1, 0.15) is 0 Å². The van der Waals surface area contributed by atoms with Crippen LogP contribution in [0, 0.1) is 19.8 Å². The third-order valence-corrected chi connectivity index (χ3v) is 4.19. The molecule has 1 aromatic rings. The first-order valence-electron chi connectivity index (χ1n) is 6.53. The smallest absolute Gasteiger partial charge is 0.0965 e. The van der Waals surface area contributed by atoms with Crippen molar-refractivity contribution < 1.29 is 0 Å². The van der Waals surface area contributed by atoms with E-state index in [1.807, 2.05) is 11.8 Å². The van der Waals surface area contributed by atoms with Gasteiger partial charge in [-0.1, -0.05) is 0 Å². The van der Waals surface area contributed by atoms with Gasteiger partial charge in [0.25, 0.3) is 0 Å². The van der Waals surface area contributed by atoms with Crippen LogP contribution in [0.4, 0.5) is 0 Å². The molecule has 1 saturated heterocycles. The van der Waals surface area contributed by atoms with Crippen LogP contribution in [0.3, 0.4) is 0 Å². The predicted molar refractivity (Wildman–Crippen MR) is 74.6 cm³/mol. The number of nitrogens with zero attached hydrogens (tertiary/aromatic N) is 1. The highest BCUT2D eigenvalue weighted by molar-refractivity contribution is 7.99. The van der Waals surface area contributed by atoms with Gasteiger partial charge in [-0.2, -0.15) is 0 Å². The Balaban J connectivity index is 1.77. The fraction of sp³-hybridized carbons (Fsp3) is 0.643. The lowest BCUT2D eigenvalue weighted by Crippen LogP contribution is -2.29. The summed E-state index contributed by atoms with van der Waals surface area (Å²) < 4.78 is 0. The largest absolute Gasteiger partial charge is 0.316 e. The van der Waals surface area contributed by atoms with E-state index < -0.39 is 0 Å². The Morgan fingerprint density at radius 2 is 2.29 bits per heavy atom. The molecule has 1 fully saturated rings. The molecular weight excluding hydrogens is 228 g/mol. The van der Waals surface area contributed by atoms with Crippen LogP contribution in [0.25, 0.3) is 0 Å². The Morgan fingerprint density at radius 3 is 3.00 bits per heavy atom. The molecule has 0 bridgehead atoms. The van der Waals surface area contributed by atoms with Crippen LogP contribution in [0.15, 0.2) is 17.2 Å². The highest BCUT2D eigenvalue weighted by Gasteiger charge is 2.12. The lowest BCUT2D eigenvalue weighted by Gasteiger charge is -2.22. The van der Waals surface area contributed by atoms with Gasteiger partial charge >= 0.3 is 0 Å². The second-order valence-electron chi connectivity index (χ2n) is 4.97. The number of aryl methyl sites for hydroxylation is 2. The van der Waals surface area contributed by atoms with Gasteiger partial charge < -0.3 is 5.32 Å². The Kier molecular flexibility index (Phi) is 4.86. The van der Waals surface area contributed by atoms with Crippen molar-refractivity contribution in [1.29, 1.82) is 0 Å². The van der Waals surface area contributed by atoms with Crippen molar-refractivity contribution >= 4 is 11.8 Å². The van der Waals surface area contributed by atoms with Crippen molar-refractivity contribution in [2.75, 3.05) is 18.8 Å². The molecule has 1 aromatic heterocycles. The van der Waals surface area contributed by atoms with Crippen molar-refractivity contribution in [3.63, 3.8) is 0 Å². The first-order chi connectivity index (χ1) is 8.24.